The standard InChI is InChI=1S/C40H53NOSi/c1-40(2,3)42-26-16-6-7-17-27-43(5,38-31-21-11-8-18-28(31)29-19-9-12-22-32(29)38)39-33-23-13-10-20-30(33)37-36(39)34-24-14-15-25-35(34)41(37)4/h8-15,18-25,28-33,36-39H,6-7,16-17,26-27H2,1-5H3. The van der Waals surface area contributed by atoms with Gasteiger partial charge in [-0.3, -0.25) is 0 Å². The van der Waals surface area contributed by atoms with Gasteiger partial charge in [0.15, 0.2) is 0 Å². The molecule has 0 aromatic heterocycles. The predicted molar refractivity (Wildman–Crippen MR) is 185 cm³/mol. The van der Waals surface area contributed by atoms with E-state index in [9.17, 15) is 0 Å². The summed E-state index contributed by atoms with van der Waals surface area (Å²) in [6, 6.07) is 11.5. The molecule has 1 aromatic carbocycles. The van der Waals surface area contributed by atoms with E-state index in [-0.39, 0.29) is 5.60 Å². The monoisotopic (exact) mass is 591 g/mol. The molecule has 0 radical (unpaired) electrons. The van der Waals surface area contributed by atoms with E-state index in [4.69, 9.17) is 4.74 Å². The average Bonchev–Trinajstić information content (AvgIpc) is 3.63. The summed E-state index contributed by atoms with van der Waals surface area (Å²) >= 11 is 0. The fourth-order valence-electron chi connectivity index (χ4n) is 10.8. The number of fused-ring (bicyclic) bond motifs is 8. The second kappa shape index (κ2) is 11.5. The van der Waals surface area contributed by atoms with Gasteiger partial charge in [0.2, 0.25) is 0 Å². The molecule has 10 unspecified atom stereocenters. The van der Waals surface area contributed by atoms with Crippen LogP contribution in [-0.2, 0) is 4.74 Å². The molecule has 43 heavy (non-hydrogen) atoms. The zero-order chi connectivity index (χ0) is 29.8. The third-order valence-electron chi connectivity index (χ3n) is 12.3. The normalized spacial score (nSPS) is 37.7. The Bertz CT molecular complexity index is 1330. The Morgan fingerprint density at radius 2 is 1.21 bits per heavy atom. The highest BCUT2D eigenvalue weighted by atomic mass is 28.3. The minimum Gasteiger partial charge on any atom is -0.376 e. The van der Waals surface area contributed by atoms with Crippen molar-refractivity contribution >= 4 is 13.8 Å². The number of ether oxygens (including phenoxy) is 1. The minimum absolute atomic E-state index is 0.0345. The van der Waals surface area contributed by atoms with E-state index >= 15 is 0 Å². The number of allylic oxidation sites excluding steroid dienone is 11. The lowest BCUT2D eigenvalue weighted by molar-refractivity contribution is -0.00471. The fraction of sp³-hybridized carbons (Fsp3) is 0.550. The number of likely N-dealkylation sites (N-methyl/N-ethyl adjacent to an activating group) is 1. The zero-order valence-corrected chi connectivity index (χ0v) is 28.1. The lowest BCUT2D eigenvalue weighted by Gasteiger charge is -2.48. The number of para-hydroxylation sites is 1. The van der Waals surface area contributed by atoms with Gasteiger partial charge in [-0.05, 0) is 79.5 Å². The molecule has 10 atom stereocenters. The van der Waals surface area contributed by atoms with Crippen LogP contribution in [0.25, 0.3) is 0 Å². The second-order valence-electron chi connectivity index (χ2n) is 15.6. The molecule has 6 aliphatic rings. The number of anilines is 1. The van der Waals surface area contributed by atoms with Crippen LogP contribution in [0.2, 0.25) is 23.7 Å². The number of rotatable bonds is 9. The zero-order valence-electron chi connectivity index (χ0n) is 27.1. The number of hydrogen-bond donors (Lipinski definition) is 0. The Morgan fingerprint density at radius 1 is 0.674 bits per heavy atom. The van der Waals surface area contributed by atoms with Gasteiger partial charge in [0.1, 0.15) is 0 Å². The maximum absolute atomic E-state index is 6.07. The van der Waals surface area contributed by atoms with E-state index in [2.05, 4.69) is 136 Å². The van der Waals surface area contributed by atoms with Gasteiger partial charge in [0, 0.05) is 37.2 Å². The van der Waals surface area contributed by atoms with Gasteiger partial charge in [-0.1, -0.05) is 123 Å². The first-order valence-corrected chi connectivity index (χ1v) is 20.2. The number of hydrogen-bond acceptors (Lipinski definition) is 2. The maximum Gasteiger partial charge on any atom is 0.0598 e. The van der Waals surface area contributed by atoms with Crippen molar-refractivity contribution in [1.29, 1.82) is 0 Å². The van der Waals surface area contributed by atoms with E-state index in [0.717, 1.165) is 17.7 Å². The van der Waals surface area contributed by atoms with Gasteiger partial charge < -0.3 is 9.64 Å². The lowest BCUT2D eigenvalue weighted by Crippen LogP contribution is -2.48. The van der Waals surface area contributed by atoms with Crippen molar-refractivity contribution in [3.8, 4) is 0 Å². The third-order valence-corrected chi connectivity index (χ3v) is 18.3. The summed E-state index contributed by atoms with van der Waals surface area (Å²) in [5, 5.41) is 0. The van der Waals surface area contributed by atoms with Crippen molar-refractivity contribution in [3.05, 3.63) is 103 Å². The van der Waals surface area contributed by atoms with Gasteiger partial charge in [0.25, 0.3) is 0 Å². The molecule has 0 saturated heterocycles. The van der Waals surface area contributed by atoms with Crippen LogP contribution in [0.3, 0.4) is 0 Å². The summed E-state index contributed by atoms with van der Waals surface area (Å²) in [6.07, 6.45) is 35.0. The second-order valence-corrected chi connectivity index (χ2v) is 20.5. The van der Waals surface area contributed by atoms with Gasteiger partial charge in [-0.25, -0.2) is 0 Å². The van der Waals surface area contributed by atoms with Crippen LogP contribution >= 0.6 is 0 Å². The van der Waals surface area contributed by atoms with Crippen LogP contribution in [-0.4, -0.2) is 33.4 Å². The Morgan fingerprint density at radius 3 is 1.84 bits per heavy atom. The van der Waals surface area contributed by atoms with Crippen LogP contribution in [0.5, 0.6) is 0 Å². The number of unbranched alkanes of at least 4 members (excludes halogenated alkanes) is 3. The molecule has 0 N–H and O–H groups in total. The quantitative estimate of drug-likeness (QED) is 0.209. The molecule has 2 saturated carbocycles. The van der Waals surface area contributed by atoms with Crippen LogP contribution < -0.4 is 4.90 Å². The van der Waals surface area contributed by atoms with Gasteiger partial charge in [-0.2, -0.15) is 0 Å². The number of benzene rings is 1. The molecule has 2 nitrogen and oxygen atoms in total. The minimum atomic E-state index is -1.90. The first kappa shape index (κ1) is 29.4. The summed E-state index contributed by atoms with van der Waals surface area (Å²) in [7, 11) is 0.484. The molecule has 0 spiro atoms. The molecule has 0 bridgehead atoms. The molecular formula is C40H53NOSi. The Labute approximate surface area is 262 Å². The highest BCUT2D eigenvalue weighted by molar-refractivity contribution is 6.82. The van der Waals surface area contributed by atoms with Crippen molar-refractivity contribution in [3.63, 3.8) is 0 Å². The topological polar surface area (TPSA) is 12.5 Å². The highest BCUT2D eigenvalue weighted by Gasteiger charge is 2.65. The van der Waals surface area contributed by atoms with E-state index < -0.39 is 8.07 Å². The Hall–Kier alpha value is -2.36. The van der Waals surface area contributed by atoms with Gasteiger partial charge in [-0.15, -0.1) is 0 Å². The lowest BCUT2D eigenvalue weighted by atomic mass is 9.83. The van der Waals surface area contributed by atoms with Crippen molar-refractivity contribution in [2.45, 2.75) is 87.7 Å². The third kappa shape index (κ3) is 5.03. The predicted octanol–water partition coefficient (Wildman–Crippen LogP) is 9.89. The van der Waals surface area contributed by atoms with E-state index in [1.807, 2.05) is 0 Å². The first-order valence-electron chi connectivity index (χ1n) is 17.3. The molecule has 1 heterocycles. The van der Waals surface area contributed by atoms with Crippen LogP contribution in [0, 0.1) is 35.5 Å². The van der Waals surface area contributed by atoms with Crippen molar-refractivity contribution in [2.24, 2.45) is 35.5 Å². The SMILES string of the molecule is CN1c2ccccc2C2C1C1C=CC=CC1C2[Si](C)(CCCCCCOC(C)(C)C)C1C2C=CC=CC2C2C=CC=CC21. The average molecular weight is 592 g/mol. The molecule has 5 aliphatic carbocycles. The largest absolute Gasteiger partial charge is 0.376 e. The van der Waals surface area contributed by atoms with Crippen LogP contribution in [0.4, 0.5) is 5.69 Å². The van der Waals surface area contributed by atoms with Crippen molar-refractivity contribution in [1.82, 2.24) is 0 Å². The smallest absolute Gasteiger partial charge is 0.0598 e. The summed E-state index contributed by atoms with van der Waals surface area (Å²) in [5.74, 6) is 4.51. The summed E-state index contributed by atoms with van der Waals surface area (Å²) < 4.78 is 6.07. The van der Waals surface area contributed by atoms with Gasteiger partial charge in [0.05, 0.1) is 13.7 Å². The van der Waals surface area contributed by atoms with Crippen LogP contribution in [0.15, 0.2) is 97.2 Å². The van der Waals surface area contributed by atoms with E-state index in [1.54, 1.807) is 5.56 Å². The van der Waals surface area contributed by atoms with Crippen molar-refractivity contribution < 1.29 is 4.74 Å². The molecule has 3 heteroatoms. The summed E-state index contributed by atoms with van der Waals surface area (Å²) in [4.78, 5) is 2.68. The van der Waals surface area contributed by atoms with Gasteiger partial charge >= 0.3 is 0 Å². The molecule has 228 valence electrons. The Balaban J connectivity index is 1.25. The summed E-state index contributed by atoms with van der Waals surface area (Å²) in [5.41, 5.74) is 4.62. The van der Waals surface area contributed by atoms with Crippen LogP contribution in [0.1, 0.15) is 57.9 Å². The highest BCUT2D eigenvalue weighted by Crippen LogP contribution is 2.69. The van der Waals surface area contributed by atoms with E-state index in [1.165, 1.54) is 37.4 Å². The van der Waals surface area contributed by atoms with Crippen molar-refractivity contribution in [2.75, 3.05) is 18.6 Å². The molecule has 0 amide bonds. The van der Waals surface area contributed by atoms with E-state index in [0.29, 0.717) is 47.5 Å². The first-order chi connectivity index (χ1) is 20.8. The number of nitrogens with zero attached hydrogens (tertiary/aromatic N) is 1. The molecule has 2 fully saturated rings. The fourth-order valence-corrected chi connectivity index (χ4v) is 17.8. The molecule has 1 aromatic rings. The Kier molecular flexibility index (Phi) is 7.87. The molecule has 7 rings (SSSR count). The maximum atomic E-state index is 6.07. The molecule has 1 aliphatic heterocycles. The summed E-state index contributed by atoms with van der Waals surface area (Å²) in [6.45, 7) is 10.3. The molecular weight excluding hydrogens is 539 g/mol.